The first-order chi connectivity index (χ1) is 15.5. The van der Waals surface area contributed by atoms with Gasteiger partial charge in [-0.3, -0.25) is 9.78 Å². The zero-order valence-corrected chi connectivity index (χ0v) is 18.1. The molecular formula is C24H21ClN4O3. The van der Waals surface area contributed by atoms with Crippen molar-refractivity contribution in [2.75, 3.05) is 17.2 Å². The van der Waals surface area contributed by atoms with Gasteiger partial charge < -0.3 is 20.4 Å². The number of nitrogens with one attached hydrogen (secondary N) is 3. The highest BCUT2D eigenvalue weighted by Crippen LogP contribution is 2.36. The minimum Gasteiger partial charge on any atom is -0.466 e. The molecule has 4 aromatic rings. The molecule has 0 aliphatic carbocycles. The van der Waals surface area contributed by atoms with Crippen molar-refractivity contribution >= 4 is 45.9 Å². The zero-order valence-electron chi connectivity index (χ0n) is 17.3. The van der Waals surface area contributed by atoms with E-state index in [1.165, 1.54) is 0 Å². The van der Waals surface area contributed by atoms with Gasteiger partial charge in [-0.2, -0.15) is 0 Å². The first-order valence-electron chi connectivity index (χ1n) is 10.1. The number of carbonyl (C=O) groups is 2. The number of amides is 2. The van der Waals surface area contributed by atoms with E-state index < -0.39 is 6.03 Å². The van der Waals surface area contributed by atoms with Crippen LogP contribution < -0.4 is 10.6 Å². The Hall–Kier alpha value is -3.84. The Kier molecular flexibility index (Phi) is 6.37. The minimum absolute atomic E-state index is 0.186. The van der Waals surface area contributed by atoms with Crippen LogP contribution >= 0.6 is 11.6 Å². The number of hydrogen-bond acceptors (Lipinski definition) is 4. The molecule has 0 unspecified atom stereocenters. The number of fused-ring (bicyclic) bond motifs is 1. The predicted molar refractivity (Wildman–Crippen MR) is 126 cm³/mol. The van der Waals surface area contributed by atoms with Crippen molar-refractivity contribution in [1.82, 2.24) is 9.97 Å². The standard InChI is InChI=1S/C24H21ClN4O3/c1-2-32-21(30)13-15-3-6-18(7-4-15)27-24(31)29-23-19-14-17(25)5-8-20(19)28-22(23)16-9-11-26-12-10-16/h3-12,14,28H,2,13H2,1H3,(H2,27,29,31). The van der Waals surface area contributed by atoms with Gasteiger partial charge in [-0.25, -0.2) is 4.79 Å². The second kappa shape index (κ2) is 9.53. The number of anilines is 2. The van der Waals surface area contributed by atoms with Crippen molar-refractivity contribution in [2.45, 2.75) is 13.3 Å². The lowest BCUT2D eigenvalue weighted by molar-refractivity contribution is -0.142. The van der Waals surface area contributed by atoms with Gasteiger partial charge in [0, 0.05) is 39.6 Å². The average Bonchev–Trinajstić information content (AvgIpc) is 3.13. The molecule has 0 saturated carbocycles. The molecule has 8 heteroatoms. The number of nitrogens with zero attached hydrogens (tertiary/aromatic N) is 1. The summed E-state index contributed by atoms with van der Waals surface area (Å²) in [5.74, 6) is -0.285. The fourth-order valence-corrected chi connectivity index (χ4v) is 3.56. The number of aromatic nitrogens is 2. The second-order valence-corrected chi connectivity index (χ2v) is 7.50. The lowest BCUT2D eigenvalue weighted by Crippen LogP contribution is -2.19. The molecule has 2 aromatic carbocycles. The summed E-state index contributed by atoms with van der Waals surface area (Å²) in [5, 5.41) is 7.12. The maximum Gasteiger partial charge on any atom is 0.323 e. The molecule has 0 fully saturated rings. The third-order valence-electron chi connectivity index (χ3n) is 4.83. The Bertz CT molecular complexity index is 1250. The van der Waals surface area contributed by atoms with E-state index in [2.05, 4.69) is 20.6 Å². The molecule has 162 valence electrons. The Morgan fingerprint density at radius 3 is 2.50 bits per heavy atom. The van der Waals surface area contributed by atoms with Gasteiger partial charge in [-0.05, 0) is 55.0 Å². The summed E-state index contributed by atoms with van der Waals surface area (Å²) < 4.78 is 4.96. The molecule has 0 atom stereocenters. The van der Waals surface area contributed by atoms with Crippen LogP contribution in [0.1, 0.15) is 12.5 Å². The van der Waals surface area contributed by atoms with Gasteiger partial charge in [0.05, 0.1) is 24.4 Å². The van der Waals surface area contributed by atoms with Gasteiger partial charge in [0.25, 0.3) is 0 Å². The first kappa shape index (κ1) is 21.4. The largest absolute Gasteiger partial charge is 0.466 e. The fraction of sp³-hybridized carbons (Fsp3) is 0.125. The third-order valence-corrected chi connectivity index (χ3v) is 5.07. The van der Waals surface area contributed by atoms with Gasteiger partial charge in [0.2, 0.25) is 0 Å². The molecule has 0 radical (unpaired) electrons. The van der Waals surface area contributed by atoms with Crippen LogP contribution in [0, 0.1) is 0 Å². The zero-order chi connectivity index (χ0) is 22.5. The Labute approximate surface area is 189 Å². The van der Waals surface area contributed by atoms with Gasteiger partial charge in [-0.1, -0.05) is 23.7 Å². The molecule has 0 spiro atoms. The number of H-pyrrole nitrogens is 1. The highest BCUT2D eigenvalue weighted by atomic mass is 35.5. The summed E-state index contributed by atoms with van der Waals surface area (Å²) in [7, 11) is 0. The molecule has 0 saturated heterocycles. The topological polar surface area (TPSA) is 96.1 Å². The molecule has 32 heavy (non-hydrogen) atoms. The van der Waals surface area contributed by atoms with Gasteiger partial charge in [-0.15, -0.1) is 0 Å². The lowest BCUT2D eigenvalue weighted by atomic mass is 10.1. The number of halogens is 1. The molecule has 2 amide bonds. The van der Waals surface area contributed by atoms with Crippen molar-refractivity contribution in [3.63, 3.8) is 0 Å². The van der Waals surface area contributed by atoms with Crippen LogP contribution in [0.4, 0.5) is 16.2 Å². The van der Waals surface area contributed by atoms with Gasteiger partial charge >= 0.3 is 12.0 Å². The Balaban J connectivity index is 1.55. The number of urea groups is 1. The van der Waals surface area contributed by atoms with E-state index in [1.807, 2.05) is 18.2 Å². The first-order valence-corrected chi connectivity index (χ1v) is 10.5. The maximum absolute atomic E-state index is 12.8. The van der Waals surface area contributed by atoms with Crippen molar-refractivity contribution in [3.8, 4) is 11.3 Å². The summed E-state index contributed by atoms with van der Waals surface area (Å²) in [6.45, 7) is 2.12. The van der Waals surface area contributed by atoms with Crippen molar-refractivity contribution < 1.29 is 14.3 Å². The predicted octanol–water partition coefficient (Wildman–Crippen LogP) is 5.63. The number of carbonyl (C=O) groups excluding carboxylic acids is 2. The molecule has 7 nitrogen and oxygen atoms in total. The molecule has 2 heterocycles. The van der Waals surface area contributed by atoms with E-state index in [-0.39, 0.29) is 12.4 Å². The van der Waals surface area contributed by atoms with Crippen LogP contribution in [0.5, 0.6) is 0 Å². The van der Waals surface area contributed by atoms with Crippen LogP contribution in [0.25, 0.3) is 22.2 Å². The molecule has 4 rings (SSSR count). The number of aromatic amines is 1. The maximum atomic E-state index is 12.8. The molecular weight excluding hydrogens is 428 g/mol. The van der Waals surface area contributed by atoms with Crippen LogP contribution in [0.2, 0.25) is 5.02 Å². The smallest absolute Gasteiger partial charge is 0.323 e. The van der Waals surface area contributed by atoms with Crippen molar-refractivity contribution in [2.24, 2.45) is 0 Å². The number of ether oxygens (including phenoxy) is 1. The van der Waals surface area contributed by atoms with Crippen molar-refractivity contribution in [3.05, 3.63) is 77.6 Å². The average molecular weight is 449 g/mol. The highest BCUT2D eigenvalue weighted by molar-refractivity contribution is 6.31. The van der Waals surface area contributed by atoms with Crippen LogP contribution in [0.3, 0.4) is 0 Å². The van der Waals surface area contributed by atoms with E-state index in [1.54, 1.807) is 55.7 Å². The van der Waals surface area contributed by atoms with E-state index >= 15 is 0 Å². The molecule has 0 aliphatic rings. The minimum atomic E-state index is -0.403. The summed E-state index contributed by atoms with van der Waals surface area (Å²) in [5.41, 5.74) is 4.50. The number of esters is 1. The van der Waals surface area contributed by atoms with Crippen molar-refractivity contribution in [1.29, 1.82) is 0 Å². The normalized spacial score (nSPS) is 10.7. The number of hydrogen-bond donors (Lipinski definition) is 3. The van der Waals surface area contributed by atoms with Crippen LogP contribution in [-0.2, 0) is 16.0 Å². The molecule has 0 aliphatic heterocycles. The second-order valence-electron chi connectivity index (χ2n) is 7.06. The van der Waals surface area contributed by atoms with Gasteiger partial charge in [0.1, 0.15) is 0 Å². The van der Waals surface area contributed by atoms with E-state index in [4.69, 9.17) is 16.3 Å². The Morgan fingerprint density at radius 2 is 1.78 bits per heavy atom. The lowest BCUT2D eigenvalue weighted by Gasteiger charge is -2.10. The SMILES string of the molecule is CCOC(=O)Cc1ccc(NC(=O)Nc2c(-c3ccncc3)[nH]c3ccc(Cl)cc23)cc1. The molecule has 2 aromatic heterocycles. The number of benzene rings is 2. The van der Waals surface area contributed by atoms with E-state index in [0.717, 1.165) is 27.7 Å². The quantitative estimate of drug-likeness (QED) is 0.333. The summed E-state index contributed by atoms with van der Waals surface area (Å²) in [6, 6.07) is 15.8. The third kappa shape index (κ3) is 4.90. The van der Waals surface area contributed by atoms with E-state index in [9.17, 15) is 9.59 Å². The van der Waals surface area contributed by atoms with Crippen LogP contribution in [0.15, 0.2) is 67.0 Å². The van der Waals surface area contributed by atoms with E-state index in [0.29, 0.717) is 23.0 Å². The summed E-state index contributed by atoms with van der Waals surface area (Å²) >= 11 is 6.20. The number of rotatable bonds is 6. The fourth-order valence-electron chi connectivity index (χ4n) is 3.39. The van der Waals surface area contributed by atoms with Gasteiger partial charge in [0.15, 0.2) is 0 Å². The monoisotopic (exact) mass is 448 g/mol. The summed E-state index contributed by atoms with van der Waals surface area (Å²) in [4.78, 5) is 31.8. The van der Waals surface area contributed by atoms with Crippen LogP contribution in [-0.4, -0.2) is 28.6 Å². The molecule has 3 N–H and O–H groups in total. The molecule has 0 bridgehead atoms. The number of pyridine rings is 1. The summed E-state index contributed by atoms with van der Waals surface area (Å²) in [6.07, 6.45) is 3.57. The Morgan fingerprint density at radius 1 is 1.03 bits per heavy atom. The highest BCUT2D eigenvalue weighted by Gasteiger charge is 2.16.